The molecule has 0 spiro atoms. The molecule has 0 unspecified atom stereocenters. The summed E-state index contributed by atoms with van der Waals surface area (Å²) in [6.07, 6.45) is 1.05. The van der Waals surface area contributed by atoms with Gasteiger partial charge in [0.2, 0.25) is 0 Å². The van der Waals surface area contributed by atoms with Crippen molar-refractivity contribution in [2.24, 2.45) is 0 Å². The third kappa shape index (κ3) is 5.67. The molecule has 0 aliphatic carbocycles. The minimum Gasteiger partial charge on any atom is -0.785 e. The summed E-state index contributed by atoms with van der Waals surface area (Å²) in [5.74, 6) is 1.91. The van der Waals surface area contributed by atoms with Crippen molar-refractivity contribution in [3.05, 3.63) is 23.2 Å². The number of thioether (sulfide) groups is 1. The van der Waals surface area contributed by atoms with Gasteiger partial charge in [0.1, 0.15) is 18.9 Å². The van der Waals surface area contributed by atoms with Crippen LogP contribution in [0.1, 0.15) is 39.9 Å². The van der Waals surface area contributed by atoms with Crippen LogP contribution < -0.4 is 5.32 Å². The molecule has 2 heterocycles. The van der Waals surface area contributed by atoms with E-state index in [1.165, 1.54) is 11.9 Å². The minimum absolute atomic E-state index is 0.0719. The second kappa shape index (κ2) is 8.85. The number of carbonyl (C=O) groups is 1. The number of carbonyl (C=O) groups excluding carboxylic acids is 1. The highest BCUT2D eigenvalue weighted by atomic mass is 32.2. The van der Waals surface area contributed by atoms with E-state index >= 15 is 0 Å². The largest absolute Gasteiger partial charge is 0.785 e. The van der Waals surface area contributed by atoms with Gasteiger partial charge in [-0.05, 0) is 24.3 Å². The summed E-state index contributed by atoms with van der Waals surface area (Å²) in [5.41, 5.74) is 2.59. The first-order valence-electron chi connectivity index (χ1n) is 10.0. The van der Waals surface area contributed by atoms with E-state index in [1.54, 1.807) is 11.8 Å². The van der Waals surface area contributed by atoms with Crippen molar-refractivity contribution in [2.45, 2.75) is 44.4 Å². The van der Waals surface area contributed by atoms with E-state index in [0.29, 0.717) is 30.1 Å². The average Bonchev–Trinajstić information content (AvgIpc) is 3.05. The summed E-state index contributed by atoms with van der Waals surface area (Å²) in [4.78, 5) is 22.0. The van der Waals surface area contributed by atoms with E-state index < -0.39 is 0 Å². The highest BCUT2D eigenvalue weighted by Gasteiger charge is 2.31. The standard InChI is InChI=1S/C20H31N5O2S2/c1-6-11-28-17-13-15-14(21-18(22-15)20(2,3)4)12-16(17)23-19(26)29-25(5)9-7-24(27)8-10-25/h12-13H,6-11H2,1-5H3,(H,21,22)(H,23,26). The smallest absolute Gasteiger partial charge is 0.340 e. The fraction of sp³-hybridized carbons (Fsp3) is 0.600. The fourth-order valence-electron chi connectivity index (χ4n) is 3.12. The predicted octanol–water partition coefficient (Wildman–Crippen LogP) is 4.80. The van der Waals surface area contributed by atoms with Gasteiger partial charge in [-0.1, -0.05) is 27.7 Å². The van der Waals surface area contributed by atoms with E-state index in [1.807, 2.05) is 13.1 Å². The van der Waals surface area contributed by atoms with E-state index in [9.17, 15) is 10.0 Å². The van der Waals surface area contributed by atoms with Gasteiger partial charge in [0.25, 0.3) is 0 Å². The maximum absolute atomic E-state index is 12.8. The van der Waals surface area contributed by atoms with Gasteiger partial charge >= 0.3 is 5.24 Å². The number of nitrogens with one attached hydrogen (secondary N) is 2. The molecule has 0 radical (unpaired) electrons. The van der Waals surface area contributed by atoms with Crippen LogP contribution in [0, 0.1) is 5.21 Å². The molecule has 1 aliphatic heterocycles. The molecule has 0 bridgehead atoms. The Kier molecular flexibility index (Phi) is 6.84. The number of aromatic amines is 1. The van der Waals surface area contributed by atoms with Crippen LogP contribution >= 0.6 is 23.7 Å². The lowest BCUT2D eigenvalue weighted by atomic mass is 9.96. The van der Waals surface area contributed by atoms with E-state index in [4.69, 9.17) is 4.98 Å². The zero-order valence-electron chi connectivity index (χ0n) is 17.9. The van der Waals surface area contributed by atoms with E-state index in [-0.39, 0.29) is 10.7 Å². The van der Waals surface area contributed by atoms with Gasteiger partial charge in [0.05, 0.1) is 23.8 Å². The predicted molar refractivity (Wildman–Crippen MR) is 123 cm³/mol. The molecule has 3 rings (SSSR count). The molecular formula is C20H31N5O2S2. The number of amides is 1. The summed E-state index contributed by atoms with van der Waals surface area (Å²) in [5, 5.41) is 15.5. The Hall–Kier alpha value is -1.26. The van der Waals surface area contributed by atoms with Gasteiger partial charge in [-0.25, -0.2) is 4.98 Å². The van der Waals surface area contributed by atoms with Crippen molar-refractivity contribution >= 4 is 45.7 Å². The number of likely N-dealkylation sites (N-methyl/N-ethyl adjacent to an activating group) is 1. The molecule has 1 saturated heterocycles. The Bertz CT molecular complexity index is 870. The molecule has 29 heavy (non-hydrogen) atoms. The number of rotatable bonds is 5. The lowest BCUT2D eigenvalue weighted by molar-refractivity contribution is -0.777. The van der Waals surface area contributed by atoms with Crippen LogP contribution in [0.25, 0.3) is 11.0 Å². The highest BCUT2D eigenvalue weighted by Crippen LogP contribution is 2.34. The zero-order valence-corrected chi connectivity index (χ0v) is 19.5. The van der Waals surface area contributed by atoms with E-state index in [2.05, 4.69) is 44.1 Å². The SMILES string of the molecule is CCCSc1cc2nc(C(C)(C)C)[nH]c2cc1NC(=O)S[N+]1(C)CCN([O-])CC1. The van der Waals surface area contributed by atoms with Crippen LogP contribution in [0.4, 0.5) is 10.5 Å². The number of hydroxylamine groups is 2. The fourth-order valence-corrected chi connectivity index (χ4v) is 4.90. The molecule has 2 N–H and O–H groups in total. The number of hydrogen-bond donors (Lipinski definition) is 2. The molecule has 1 amide bonds. The maximum atomic E-state index is 12.8. The molecule has 1 aromatic carbocycles. The molecular weight excluding hydrogens is 406 g/mol. The van der Waals surface area contributed by atoms with Crippen LogP contribution in [0.5, 0.6) is 0 Å². The molecule has 7 nitrogen and oxygen atoms in total. The molecule has 2 aromatic rings. The quantitative estimate of drug-likeness (QED) is 0.397. The van der Waals surface area contributed by atoms with Gasteiger partial charge in [0, 0.05) is 23.4 Å². The van der Waals surface area contributed by atoms with E-state index in [0.717, 1.165) is 44.7 Å². The highest BCUT2D eigenvalue weighted by molar-refractivity contribution is 8.09. The summed E-state index contributed by atoms with van der Waals surface area (Å²) < 4.78 is 0.516. The van der Waals surface area contributed by atoms with Crippen molar-refractivity contribution in [2.75, 3.05) is 44.3 Å². The van der Waals surface area contributed by atoms with Crippen molar-refractivity contribution in [3.63, 3.8) is 0 Å². The van der Waals surface area contributed by atoms with Gasteiger partial charge in [-0.3, -0.25) is 8.68 Å². The van der Waals surface area contributed by atoms with Gasteiger partial charge < -0.3 is 20.6 Å². The Morgan fingerprint density at radius 3 is 2.66 bits per heavy atom. The molecule has 1 fully saturated rings. The molecule has 9 heteroatoms. The Morgan fingerprint density at radius 1 is 1.34 bits per heavy atom. The number of aromatic nitrogens is 2. The molecule has 1 aliphatic rings. The van der Waals surface area contributed by atoms with Gasteiger partial charge in [-0.2, -0.15) is 0 Å². The Balaban J connectivity index is 1.83. The third-order valence-corrected chi connectivity index (χ3v) is 7.28. The number of hydrogen-bond acceptors (Lipinski definition) is 6. The third-order valence-electron chi connectivity index (χ3n) is 4.94. The maximum Gasteiger partial charge on any atom is 0.340 e. The second-order valence-electron chi connectivity index (χ2n) is 8.73. The van der Waals surface area contributed by atoms with Gasteiger partial charge in [0.15, 0.2) is 11.9 Å². The zero-order chi connectivity index (χ0) is 21.2. The first-order chi connectivity index (χ1) is 13.6. The number of benzene rings is 1. The number of piperazine rings is 1. The average molecular weight is 438 g/mol. The van der Waals surface area contributed by atoms with Crippen LogP contribution in [0.2, 0.25) is 0 Å². The molecule has 1 aromatic heterocycles. The Labute approximate surface area is 181 Å². The lowest BCUT2D eigenvalue weighted by Crippen LogP contribution is -2.52. The van der Waals surface area contributed by atoms with Crippen LogP contribution in [0.15, 0.2) is 17.0 Å². The van der Waals surface area contributed by atoms with Gasteiger partial charge in [-0.15, -0.1) is 11.8 Å². The van der Waals surface area contributed by atoms with Crippen LogP contribution in [0.3, 0.4) is 0 Å². The van der Waals surface area contributed by atoms with Crippen molar-refractivity contribution < 1.29 is 8.68 Å². The number of quaternary nitrogens is 1. The molecule has 160 valence electrons. The normalized spacial score (nSPS) is 17.6. The van der Waals surface area contributed by atoms with Crippen LogP contribution in [-0.4, -0.2) is 63.1 Å². The van der Waals surface area contributed by atoms with Crippen molar-refractivity contribution in [3.8, 4) is 0 Å². The first-order valence-corrected chi connectivity index (χ1v) is 11.8. The summed E-state index contributed by atoms with van der Waals surface area (Å²) in [6, 6.07) is 4.05. The number of nitrogens with zero attached hydrogens (tertiary/aromatic N) is 3. The first kappa shape index (κ1) is 22.4. The lowest BCUT2D eigenvalue weighted by Gasteiger charge is -2.42. The summed E-state index contributed by atoms with van der Waals surface area (Å²) in [6.45, 7) is 10.8. The number of fused-ring (bicyclic) bond motifs is 1. The van der Waals surface area contributed by atoms with Crippen molar-refractivity contribution in [1.82, 2.24) is 15.0 Å². The minimum atomic E-state index is -0.0971. The monoisotopic (exact) mass is 437 g/mol. The summed E-state index contributed by atoms with van der Waals surface area (Å²) in [7, 11) is 2.01. The number of imidazole rings is 1. The van der Waals surface area contributed by atoms with Crippen LogP contribution in [-0.2, 0) is 5.41 Å². The number of anilines is 1. The molecule has 0 atom stereocenters. The topological polar surface area (TPSA) is 84.1 Å². The summed E-state index contributed by atoms with van der Waals surface area (Å²) >= 11 is 2.99. The van der Waals surface area contributed by atoms with Crippen molar-refractivity contribution in [1.29, 1.82) is 0 Å². The second-order valence-corrected chi connectivity index (χ2v) is 11.3. The Morgan fingerprint density at radius 2 is 2.03 bits per heavy atom. The number of H-pyrrole nitrogens is 1. The molecule has 0 saturated carbocycles.